The Kier molecular flexibility index (Phi) is 6.39. The Morgan fingerprint density at radius 1 is 1.29 bits per heavy atom. The SMILES string of the molecule is CCCc1nnc(NC(=O)CCC(=O)Nc2ccn(CC#N)n2)s1. The number of rotatable bonds is 8. The largest absolute Gasteiger partial charge is 0.309 e. The molecular formula is C14H17N7O2S. The summed E-state index contributed by atoms with van der Waals surface area (Å²) < 4.78 is 1.41. The highest BCUT2D eigenvalue weighted by Gasteiger charge is 2.11. The van der Waals surface area contributed by atoms with Crippen LogP contribution in [0.5, 0.6) is 0 Å². The molecule has 9 nitrogen and oxygen atoms in total. The average molecular weight is 347 g/mol. The van der Waals surface area contributed by atoms with Gasteiger partial charge in [-0.2, -0.15) is 10.4 Å². The van der Waals surface area contributed by atoms with E-state index in [0.29, 0.717) is 10.9 Å². The highest BCUT2D eigenvalue weighted by atomic mass is 32.1. The Labute approximate surface area is 142 Å². The first kappa shape index (κ1) is 17.6. The summed E-state index contributed by atoms with van der Waals surface area (Å²) in [5, 5.41) is 26.9. The molecule has 24 heavy (non-hydrogen) atoms. The fraction of sp³-hybridized carbons (Fsp3) is 0.429. The van der Waals surface area contributed by atoms with Crippen molar-refractivity contribution in [2.45, 2.75) is 39.2 Å². The molecule has 0 radical (unpaired) electrons. The summed E-state index contributed by atoms with van der Waals surface area (Å²) in [5.74, 6) is -0.264. The zero-order valence-corrected chi connectivity index (χ0v) is 14.0. The first-order chi connectivity index (χ1) is 11.6. The Hall–Kier alpha value is -2.80. The zero-order chi connectivity index (χ0) is 17.4. The molecule has 2 N–H and O–H groups in total. The second-order valence-electron chi connectivity index (χ2n) is 4.90. The molecule has 0 saturated heterocycles. The molecule has 0 spiro atoms. The molecule has 0 fully saturated rings. The number of amides is 2. The molecular weight excluding hydrogens is 330 g/mol. The van der Waals surface area contributed by atoms with Gasteiger partial charge in [0.05, 0.1) is 6.07 Å². The first-order valence-electron chi connectivity index (χ1n) is 7.43. The predicted molar refractivity (Wildman–Crippen MR) is 88.2 cm³/mol. The molecule has 10 heteroatoms. The fourth-order valence-corrected chi connectivity index (χ4v) is 2.68. The molecule has 126 valence electrons. The van der Waals surface area contributed by atoms with E-state index >= 15 is 0 Å². The standard InChI is InChI=1S/C14H17N7O2S/c1-2-3-13-18-19-14(24-13)17-12(23)5-4-11(22)16-10-6-8-21(20-10)9-7-15/h6,8H,2-5,9H2,1H3,(H,16,20,22)(H,17,19,23). The smallest absolute Gasteiger partial charge is 0.226 e. The molecule has 0 aliphatic carbocycles. The summed E-state index contributed by atoms with van der Waals surface area (Å²) in [6.07, 6.45) is 3.45. The Morgan fingerprint density at radius 2 is 2.04 bits per heavy atom. The molecule has 0 unspecified atom stereocenters. The summed E-state index contributed by atoms with van der Waals surface area (Å²) in [7, 11) is 0. The lowest BCUT2D eigenvalue weighted by Gasteiger charge is -2.02. The van der Waals surface area contributed by atoms with Gasteiger partial charge in [0.15, 0.2) is 5.82 Å². The second-order valence-corrected chi connectivity index (χ2v) is 5.97. The maximum atomic E-state index is 11.8. The van der Waals surface area contributed by atoms with Gasteiger partial charge in [0, 0.05) is 31.5 Å². The zero-order valence-electron chi connectivity index (χ0n) is 13.2. The maximum absolute atomic E-state index is 11.8. The van der Waals surface area contributed by atoms with Crippen molar-refractivity contribution < 1.29 is 9.59 Å². The molecule has 0 atom stereocenters. The van der Waals surface area contributed by atoms with E-state index in [9.17, 15) is 9.59 Å². The minimum Gasteiger partial charge on any atom is -0.309 e. The fourth-order valence-electron chi connectivity index (χ4n) is 1.82. The van der Waals surface area contributed by atoms with Gasteiger partial charge in [0.25, 0.3) is 0 Å². The van der Waals surface area contributed by atoms with Gasteiger partial charge < -0.3 is 10.6 Å². The van der Waals surface area contributed by atoms with Gasteiger partial charge in [0.1, 0.15) is 11.6 Å². The van der Waals surface area contributed by atoms with Gasteiger partial charge >= 0.3 is 0 Å². The third-order valence-electron chi connectivity index (χ3n) is 2.90. The van der Waals surface area contributed by atoms with Crippen LogP contribution in [0.2, 0.25) is 0 Å². The minimum absolute atomic E-state index is 0.0254. The predicted octanol–water partition coefficient (Wildman–Crippen LogP) is 1.57. The van der Waals surface area contributed by atoms with Gasteiger partial charge in [-0.05, 0) is 6.42 Å². The minimum atomic E-state index is -0.323. The summed E-state index contributed by atoms with van der Waals surface area (Å²) in [6.45, 7) is 2.15. The van der Waals surface area contributed by atoms with Crippen molar-refractivity contribution in [3.63, 3.8) is 0 Å². The lowest BCUT2D eigenvalue weighted by Crippen LogP contribution is -2.17. The quantitative estimate of drug-likeness (QED) is 0.746. The summed E-state index contributed by atoms with van der Waals surface area (Å²) in [4.78, 5) is 23.6. The third kappa shape index (κ3) is 5.44. The Morgan fingerprint density at radius 3 is 2.75 bits per heavy atom. The number of carbonyl (C=O) groups is 2. The number of nitrogens with zero attached hydrogens (tertiary/aromatic N) is 5. The molecule has 0 aliphatic heterocycles. The maximum Gasteiger partial charge on any atom is 0.226 e. The Balaban J connectivity index is 1.74. The van der Waals surface area contributed by atoms with Gasteiger partial charge in [-0.15, -0.1) is 10.2 Å². The van der Waals surface area contributed by atoms with Gasteiger partial charge in [-0.3, -0.25) is 14.3 Å². The summed E-state index contributed by atoms with van der Waals surface area (Å²) in [6, 6.07) is 3.54. The van der Waals surface area contributed by atoms with E-state index in [4.69, 9.17) is 5.26 Å². The molecule has 2 amide bonds. The van der Waals surface area contributed by atoms with Crippen LogP contribution in [0.3, 0.4) is 0 Å². The van der Waals surface area contributed by atoms with Crippen LogP contribution in [0.25, 0.3) is 0 Å². The lowest BCUT2D eigenvalue weighted by molar-refractivity contribution is -0.121. The molecule has 2 heterocycles. The van der Waals surface area contributed by atoms with Crippen molar-refractivity contribution in [3.05, 3.63) is 17.3 Å². The van der Waals surface area contributed by atoms with Gasteiger partial charge in [-0.25, -0.2) is 0 Å². The number of carbonyl (C=O) groups excluding carboxylic acids is 2. The highest BCUT2D eigenvalue weighted by molar-refractivity contribution is 7.15. The van der Waals surface area contributed by atoms with Crippen molar-refractivity contribution in [1.82, 2.24) is 20.0 Å². The summed E-state index contributed by atoms with van der Waals surface area (Å²) >= 11 is 1.34. The topological polar surface area (TPSA) is 126 Å². The van der Waals surface area contributed by atoms with Crippen LogP contribution < -0.4 is 10.6 Å². The molecule has 2 aromatic heterocycles. The van der Waals surface area contributed by atoms with Crippen molar-refractivity contribution in [2.75, 3.05) is 10.6 Å². The number of hydrogen-bond acceptors (Lipinski definition) is 7. The van der Waals surface area contributed by atoms with Crippen molar-refractivity contribution in [1.29, 1.82) is 5.26 Å². The number of anilines is 2. The van der Waals surface area contributed by atoms with Crippen LogP contribution in [0.15, 0.2) is 12.3 Å². The van der Waals surface area contributed by atoms with E-state index < -0.39 is 0 Å². The van der Waals surface area contributed by atoms with Crippen molar-refractivity contribution >= 4 is 34.1 Å². The van der Waals surface area contributed by atoms with Crippen LogP contribution in [0, 0.1) is 11.3 Å². The van der Waals surface area contributed by atoms with Crippen LogP contribution in [-0.2, 0) is 22.6 Å². The number of aromatic nitrogens is 4. The average Bonchev–Trinajstić information content (AvgIpc) is 3.16. The van der Waals surface area contributed by atoms with E-state index in [-0.39, 0.29) is 31.2 Å². The van der Waals surface area contributed by atoms with E-state index in [1.54, 1.807) is 12.3 Å². The normalized spacial score (nSPS) is 10.2. The van der Waals surface area contributed by atoms with Gasteiger partial charge in [0.2, 0.25) is 16.9 Å². The number of aryl methyl sites for hydroxylation is 1. The lowest BCUT2D eigenvalue weighted by atomic mass is 10.3. The van der Waals surface area contributed by atoms with E-state index in [1.165, 1.54) is 16.0 Å². The molecule has 0 saturated carbocycles. The molecule has 0 aromatic carbocycles. The van der Waals surface area contributed by atoms with E-state index in [1.807, 2.05) is 13.0 Å². The number of nitriles is 1. The van der Waals surface area contributed by atoms with Gasteiger partial charge in [-0.1, -0.05) is 18.3 Å². The van der Waals surface area contributed by atoms with Crippen molar-refractivity contribution in [2.24, 2.45) is 0 Å². The van der Waals surface area contributed by atoms with Crippen molar-refractivity contribution in [3.8, 4) is 6.07 Å². The van der Waals surface area contributed by atoms with E-state index in [0.717, 1.165) is 17.8 Å². The highest BCUT2D eigenvalue weighted by Crippen LogP contribution is 2.16. The monoisotopic (exact) mass is 347 g/mol. The molecule has 2 rings (SSSR count). The third-order valence-corrected chi connectivity index (χ3v) is 3.80. The number of hydrogen-bond donors (Lipinski definition) is 2. The van der Waals surface area contributed by atoms with Crippen LogP contribution in [0.1, 0.15) is 31.2 Å². The second kappa shape index (κ2) is 8.73. The van der Waals surface area contributed by atoms with Crippen LogP contribution in [0.4, 0.5) is 10.9 Å². The first-order valence-corrected chi connectivity index (χ1v) is 8.25. The van der Waals surface area contributed by atoms with Crippen LogP contribution >= 0.6 is 11.3 Å². The molecule has 0 aliphatic rings. The molecule has 2 aromatic rings. The van der Waals surface area contributed by atoms with Crippen LogP contribution in [-0.4, -0.2) is 31.8 Å². The Bertz CT molecular complexity index is 746. The number of nitrogens with one attached hydrogen (secondary N) is 2. The molecule has 0 bridgehead atoms. The summed E-state index contributed by atoms with van der Waals surface area (Å²) in [5.41, 5.74) is 0. The van der Waals surface area contributed by atoms with E-state index in [2.05, 4.69) is 25.9 Å².